The second-order valence-corrected chi connectivity index (χ2v) is 8.52. The van der Waals surface area contributed by atoms with Gasteiger partial charge < -0.3 is 39.6 Å². The minimum Gasteiger partial charge on any atom is -0.479 e. The van der Waals surface area contributed by atoms with E-state index in [1.807, 2.05) is 25.1 Å². The fraction of sp³-hybridized carbons (Fsp3) is 0.565. The van der Waals surface area contributed by atoms with Gasteiger partial charge in [-0.1, -0.05) is 32.0 Å². The van der Waals surface area contributed by atoms with Crippen LogP contribution < -0.4 is 0 Å². The Bertz CT molecular complexity index is 1050. The molecule has 0 saturated carbocycles. The van der Waals surface area contributed by atoms with Gasteiger partial charge >= 0.3 is 11.9 Å². The summed E-state index contributed by atoms with van der Waals surface area (Å²) in [5.41, 5.74) is 3.04. The number of carboxylic acid groups (broad SMARTS) is 1. The number of aliphatic carboxylic acids is 1. The highest BCUT2D eigenvalue weighted by molar-refractivity contribution is 5.88. The number of para-hydroxylation sites is 1. The Morgan fingerprint density at radius 1 is 1.18 bits per heavy atom. The predicted octanol–water partition coefficient (Wildman–Crippen LogP) is 0.734. The van der Waals surface area contributed by atoms with E-state index < -0.39 is 48.2 Å². The molecular formula is C23H29NO9. The zero-order valence-electron chi connectivity index (χ0n) is 18.5. The topological polar surface area (TPSA) is 159 Å². The normalized spacial score (nSPS) is 31.8. The molecule has 33 heavy (non-hydrogen) atoms. The number of rotatable bonds is 6. The number of aliphatic hydroxyl groups is 3. The Hall–Kier alpha value is -2.50. The fourth-order valence-corrected chi connectivity index (χ4v) is 4.80. The van der Waals surface area contributed by atoms with Crippen molar-refractivity contribution in [2.45, 2.75) is 75.8 Å². The van der Waals surface area contributed by atoms with Crippen LogP contribution in [0.15, 0.2) is 18.2 Å². The van der Waals surface area contributed by atoms with Gasteiger partial charge in [-0.05, 0) is 30.4 Å². The number of aliphatic hydroxyl groups excluding tert-OH is 3. The Labute approximate surface area is 190 Å². The van der Waals surface area contributed by atoms with Crippen LogP contribution in [-0.4, -0.2) is 74.7 Å². The number of esters is 1. The van der Waals surface area contributed by atoms with Crippen molar-refractivity contribution in [2.75, 3.05) is 6.61 Å². The number of hydrogen-bond acceptors (Lipinski definition) is 8. The first-order valence-corrected chi connectivity index (χ1v) is 11.1. The first-order chi connectivity index (χ1) is 15.7. The smallest absolute Gasteiger partial charge is 0.335 e. The zero-order chi connectivity index (χ0) is 23.9. The molecule has 4 rings (SSSR count). The van der Waals surface area contributed by atoms with Crippen molar-refractivity contribution in [1.29, 1.82) is 0 Å². The predicted molar refractivity (Wildman–Crippen MR) is 114 cm³/mol. The van der Waals surface area contributed by atoms with Crippen LogP contribution in [0.2, 0.25) is 0 Å². The Morgan fingerprint density at radius 3 is 2.61 bits per heavy atom. The standard InChI is InChI=1S/C23H29NO9/c1-3-11-6-5-7-12-13-8-9-31-23(4-2,20(13)24-15(11)12)10-14(25)32-22-18(28)16(26)17(27)19(33-22)21(29)30/h5-7,16-19,22,24,26-28H,3-4,8-10H2,1-2H3,(H,29,30). The molecule has 1 fully saturated rings. The molecule has 2 aromatic rings. The van der Waals surface area contributed by atoms with Crippen LogP contribution in [-0.2, 0) is 42.2 Å². The average molecular weight is 463 g/mol. The van der Waals surface area contributed by atoms with E-state index in [1.54, 1.807) is 0 Å². The molecule has 1 saturated heterocycles. The number of nitrogens with one attached hydrogen (secondary N) is 1. The molecule has 10 heteroatoms. The number of benzene rings is 1. The van der Waals surface area contributed by atoms with Crippen molar-refractivity contribution in [3.8, 4) is 0 Å². The van der Waals surface area contributed by atoms with E-state index in [0.29, 0.717) is 19.4 Å². The summed E-state index contributed by atoms with van der Waals surface area (Å²) < 4.78 is 16.4. The lowest BCUT2D eigenvalue weighted by Crippen LogP contribution is -2.60. The van der Waals surface area contributed by atoms with Crippen LogP contribution in [0.3, 0.4) is 0 Å². The molecule has 5 N–H and O–H groups in total. The van der Waals surface area contributed by atoms with Crippen LogP contribution >= 0.6 is 0 Å². The summed E-state index contributed by atoms with van der Waals surface area (Å²) in [5, 5.41) is 40.2. The Kier molecular flexibility index (Phi) is 6.47. The molecule has 1 aromatic carbocycles. The molecule has 180 valence electrons. The van der Waals surface area contributed by atoms with Crippen LogP contribution in [0, 0.1) is 0 Å². The van der Waals surface area contributed by atoms with Gasteiger partial charge in [0.25, 0.3) is 0 Å². The van der Waals surface area contributed by atoms with Crippen molar-refractivity contribution in [3.63, 3.8) is 0 Å². The van der Waals surface area contributed by atoms with Gasteiger partial charge in [0.05, 0.1) is 18.7 Å². The van der Waals surface area contributed by atoms with Gasteiger partial charge in [-0.25, -0.2) is 4.79 Å². The molecule has 0 radical (unpaired) electrons. The van der Waals surface area contributed by atoms with Gasteiger partial charge in [-0.3, -0.25) is 4.79 Å². The van der Waals surface area contributed by atoms with E-state index in [4.69, 9.17) is 14.2 Å². The van der Waals surface area contributed by atoms with Crippen molar-refractivity contribution < 1.29 is 44.2 Å². The summed E-state index contributed by atoms with van der Waals surface area (Å²) in [7, 11) is 0. The number of ether oxygens (including phenoxy) is 3. The highest BCUT2D eigenvalue weighted by atomic mass is 16.7. The number of carbonyl (C=O) groups excluding carboxylic acids is 1. The van der Waals surface area contributed by atoms with E-state index >= 15 is 0 Å². The highest BCUT2D eigenvalue weighted by Gasteiger charge is 2.49. The van der Waals surface area contributed by atoms with Crippen molar-refractivity contribution in [1.82, 2.24) is 4.98 Å². The molecule has 0 spiro atoms. The Morgan fingerprint density at radius 2 is 1.94 bits per heavy atom. The second-order valence-electron chi connectivity index (χ2n) is 8.52. The van der Waals surface area contributed by atoms with Crippen LogP contribution in [0.25, 0.3) is 10.9 Å². The molecule has 0 aliphatic carbocycles. The first-order valence-electron chi connectivity index (χ1n) is 11.1. The average Bonchev–Trinajstić information content (AvgIpc) is 3.19. The van der Waals surface area contributed by atoms with Crippen molar-refractivity contribution in [3.05, 3.63) is 35.0 Å². The minimum absolute atomic E-state index is 0.215. The maximum Gasteiger partial charge on any atom is 0.335 e. The second kappa shape index (κ2) is 9.03. The van der Waals surface area contributed by atoms with E-state index in [0.717, 1.165) is 34.1 Å². The fourth-order valence-electron chi connectivity index (χ4n) is 4.80. The van der Waals surface area contributed by atoms with Crippen molar-refractivity contribution in [2.24, 2.45) is 0 Å². The molecule has 0 amide bonds. The first kappa shape index (κ1) is 23.7. The summed E-state index contributed by atoms with van der Waals surface area (Å²) in [6.45, 7) is 4.37. The number of carbonyl (C=O) groups is 2. The molecule has 0 bridgehead atoms. The quantitative estimate of drug-likeness (QED) is 0.389. The number of carboxylic acids is 1. The molecule has 10 nitrogen and oxygen atoms in total. The van der Waals surface area contributed by atoms with Crippen LogP contribution in [0.5, 0.6) is 0 Å². The van der Waals surface area contributed by atoms with Gasteiger partial charge in [0.15, 0.2) is 6.10 Å². The third-order valence-electron chi connectivity index (χ3n) is 6.66. The number of aromatic nitrogens is 1. The number of H-pyrrole nitrogens is 1. The van der Waals surface area contributed by atoms with E-state index in [1.165, 1.54) is 0 Å². The summed E-state index contributed by atoms with van der Waals surface area (Å²) in [6, 6.07) is 6.10. The lowest BCUT2D eigenvalue weighted by Gasteiger charge is -2.39. The largest absolute Gasteiger partial charge is 0.479 e. The Balaban J connectivity index is 1.60. The number of hydrogen-bond donors (Lipinski definition) is 5. The SMILES string of the molecule is CCc1cccc2c3c([nH]c12)C(CC)(CC(=O)OC1OC(C(=O)O)C(O)C(O)C1O)OCC3. The third kappa shape index (κ3) is 4.02. The molecule has 6 unspecified atom stereocenters. The highest BCUT2D eigenvalue weighted by Crippen LogP contribution is 2.42. The van der Waals surface area contributed by atoms with Gasteiger partial charge in [-0.2, -0.15) is 0 Å². The van der Waals surface area contributed by atoms with E-state index in [9.17, 15) is 30.0 Å². The molecule has 3 heterocycles. The molecular weight excluding hydrogens is 434 g/mol. The number of aryl methyl sites for hydroxylation is 1. The van der Waals surface area contributed by atoms with Gasteiger partial charge in [0, 0.05) is 10.9 Å². The summed E-state index contributed by atoms with van der Waals surface area (Å²) in [5.74, 6) is -2.35. The molecule has 2 aliphatic heterocycles. The van der Waals surface area contributed by atoms with Crippen LogP contribution in [0.4, 0.5) is 0 Å². The number of fused-ring (bicyclic) bond motifs is 3. The maximum atomic E-state index is 12.9. The monoisotopic (exact) mass is 463 g/mol. The summed E-state index contributed by atoms with van der Waals surface area (Å²) in [4.78, 5) is 27.7. The third-order valence-corrected chi connectivity index (χ3v) is 6.66. The van der Waals surface area contributed by atoms with E-state index in [2.05, 4.69) is 11.9 Å². The summed E-state index contributed by atoms with van der Waals surface area (Å²) in [6.07, 6.45) is -7.34. The molecule has 2 aliphatic rings. The molecule has 1 aromatic heterocycles. The van der Waals surface area contributed by atoms with Crippen LogP contribution in [0.1, 0.15) is 43.5 Å². The van der Waals surface area contributed by atoms with E-state index in [-0.39, 0.29) is 6.42 Å². The zero-order valence-corrected chi connectivity index (χ0v) is 18.5. The lowest BCUT2D eigenvalue weighted by atomic mass is 9.86. The van der Waals surface area contributed by atoms with Crippen molar-refractivity contribution >= 4 is 22.8 Å². The number of aromatic amines is 1. The maximum absolute atomic E-state index is 12.9. The van der Waals surface area contributed by atoms with Gasteiger partial charge in [0.1, 0.15) is 23.9 Å². The molecule has 6 atom stereocenters. The lowest BCUT2D eigenvalue weighted by molar-refractivity contribution is -0.287. The van der Waals surface area contributed by atoms with Gasteiger partial charge in [-0.15, -0.1) is 0 Å². The van der Waals surface area contributed by atoms with Gasteiger partial charge in [0.2, 0.25) is 6.29 Å². The summed E-state index contributed by atoms with van der Waals surface area (Å²) >= 11 is 0. The minimum atomic E-state index is -1.86.